The normalized spacial score (nSPS) is 25.4. The van der Waals surface area contributed by atoms with Gasteiger partial charge in [-0.25, -0.2) is 0 Å². The molecule has 1 fully saturated rings. The topological polar surface area (TPSA) is 49.0 Å². The first-order chi connectivity index (χ1) is 10.8. The number of ether oxygens (including phenoxy) is 4. The molecule has 3 heterocycles. The first-order valence-electron chi connectivity index (χ1n) is 8.25. The fourth-order valence-corrected chi connectivity index (χ4v) is 3.71. The summed E-state index contributed by atoms with van der Waals surface area (Å²) >= 11 is 0. The van der Waals surface area contributed by atoms with Gasteiger partial charge < -0.3 is 24.3 Å². The largest absolute Gasteiger partial charge is 0.486 e. The Balaban J connectivity index is 1.76. The van der Waals surface area contributed by atoms with E-state index in [2.05, 4.69) is 11.4 Å². The van der Waals surface area contributed by atoms with Gasteiger partial charge in [0.1, 0.15) is 18.8 Å². The van der Waals surface area contributed by atoms with Crippen molar-refractivity contribution in [2.75, 3.05) is 32.9 Å². The van der Waals surface area contributed by atoms with Gasteiger partial charge in [0, 0.05) is 18.6 Å². The van der Waals surface area contributed by atoms with Crippen LogP contribution in [0.15, 0.2) is 12.1 Å². The minimum Gasteiger partial charge on any atom is -0.486 e. The third kappa shape index (κ3) is 2.32. The van der Waals surface area contributed by atoms with E-state index in [9.17, 15) is 0 Å². The van der Waals surface area contributed by atoms with Gasteiger partial charge in [0.05, 0.1) is 6.10 Å². The molecule has 0 aliphatic carbocycles. The molecule has 0 amide bonds. The van der Waals surface area contributed by atoms with Gasteiger partial charge in [-0.05, 0) is 45.0 Å². The summed E-state index contributed by atoms with van der Waals surface area (Å²) in [7, 11) is 0. The van der Waals surface area contributed by atoms with E-state index in [0.717, 1.165) is 55.2 Å². The summed E-state index contributed by atoms with van der Waals surface area (Å²) in [5.74, 6) is 2.38. The molecular weight excluding hydrogens is 282 g/mol. The van der Waals surface area contributed by atoms with Crippen molar-refractivity contribution in [3.8, 4) is 17.2 Å². The lowest BCUT2D eigenvalue weighted by Gasteiger charge is -2.45. The van der Waals surface area contributed by atoms with Crippen LogP contribution < -0.4 is 19.5 Å². The maximum atomic E-state index is 6.51. The molecule has 1 N–H and O–H groups in total. The standard InChI is InChI=1S/C17H23NO4/c1-2-19-14-11-17(5-7-18-8-6-17)22-15-12(14)3-4-13-16(15)21-10-9-20-13/h3-4,14,18H,2,5-11H2,1H3. The molecule has 5 heteroatoms. The molecule has 0 bridgehead atoms. The van der Waals surface area contributed by atoms with E-state index in [1.165, 1.54) is 0 Å². The highest BCUT2D eigenvalue weighted by Crippen LogP contribution is 2.52. The smallest absolute Gasteiger partial charge is 0.204 e. The maximum absolute atomic E-state index is 6.51. The van der Waals surface area contributed by atoms with E-state index in [4.69, 9.17) is 18.9 Å². The quantitative estimate of drug-likeness (QED) is 0.909. The van der Waals surface area contributed by atoms with Crippen molar-refractivity contribution in [2.45, 2.75) is 37.9 Å². The van der Waals surface area contributed by atoms with Crippen LogP contribution in [0.25, 0.3) is 0 Å². The lowest BCUT2D eigenvalue weighted by atomic mass is 9.82. The third-order valence-electron chi connectivity index (χ3n) is 4.80. The monoisotopic (exact) mass is 305 g/mol. The van der Waals surface area contributed by atoms with Gasteiger partial charge >= 0.3 is 0 Å². The van der Waals surface area contributed by atoms with Crippen LogP contribution >= 0.6 is 0 Å². The van der Waals surface area contributed by atoms with E-state index in [-0.39, 0.29) is 11.7 Å². The van der Waals surface area contributed by atoms with Crippen LogP contribution in [0.3, 0.4) is 0 Å². The molecule has 0 aromatic heterocycles. The molecule has 1 saturated heterocycles. The van der Waals surface area contributed by atoms with Gasteiger partial charge in [-0.3, -0.25) is 0 Å². The predicted molar refractivity (Wildman–Crippen MR) is 81.9 cm³/mol. The van der Waals surface area contributed by atoms with E-state index in [1.807, 2.05) is 13.0 Å². The van der Waals surface area contributed by atoms with Gasteiger partial charge in [0.25, 0.3) is 0 Å². The van der Waals surface area contributed by atoms with E-state index in [1.54, 1.807) is 0 Å². The third-order valence-corrected chi connectivity index (χ3v) is 4.80. The van der Waals surface area contributed by atoms with E-state index < -0.39 is 0 Å². The Hall–Kier alpha value is -1.46. The SMILES string of the molecule is CCOC1CC2(CCNCC2)Oc2c1ccc1c2OCCO1. The van der Waals surface area contributed by atoms with Gasteiger partial charge in [-0.15, -0.1) is 0 Å². The van der Waals surface area contributed by atoms with Crippen molar-refractivity contribution < 1.29 is 18.9 Å². The van der Waals surface area contributed by atoms with Gasteiger partial charge in [-0.1, -0.05) is 0 Å². The van der Waals surface area contributed by atoms with Crippen molar-refractivity contribution >= 4 is 0 Å². The first-order valence-corrected chi connectivity index (χ1v) is 8.25. The summed E-state index contributed by atoms with van der Waals surface area (Å²) in [6, 6.07) is 4.04. The highest BCUT2D eigenvalue weighted by molar-refractivity contribution is 5.58. The minimum atomic E-state index is -0.145. The van der Waals surface area contributed by atoms with Crippen molar-refractivity contribution in [1.29, 1.82) is 0 Å². The highest BCUT2D eigenvalue weighted by atomic mass is 16.6. The minimum absolute atomic E-state index is 0.0719. The van der Waals surface area contributed by atoms with Crippen molar-refractivity contribution in [3.05, 3.63) is 17.7 Å². The molecule has 1 spiro atoms. The number of rotatable bonds is 2. The second kappa shape index (κ2) is 5.63. The first kappa shape index (κ1) is 14.2. The number of benzene rings is 1. The predicted octanol–water partition coefficient (Wildman–Crippen LogP) is 2.44. The Bertz CT molecular complexity index is 554. The molecule has 1 aromatic rings. The van der Waals surface area contributed by atoms with Crippen LogP contribution in [0.5, 0.6) is 17.2 Å². The van der Waals surface area contributed by atoms with Crippen LogP contribution in [0.4, 0.5) is 0 Å². The molecule has 0 saturated carbocycles. The molecule has 3 aliphatic rings. The summed E-state index contributed by atoms with van der Waals surface area (Å²) in [4.78, 5) is 0. The summed E-state index contributed by atoms with van der Waals surface area (Å²) in [5.41, 5.74) is 0.948. The second-order valence-corrected chi connectivity index (χ2v) is 6.19. The number of hydrogen-bond donors (Lipinski definition) is 1. The van der Waals surface area contributed by atoms with E-state index in [0.29, 0.717) is 19.8 Å². The Morgan fingerprint density at radius 1 is 1.18 bits per heavy atom. The Morgan fingerprint density at radius 2 is 2.00 bits per heavy atom. The fourth-order valence-electron chi connectivity index (χ4n) is 3.71. The number of hydrogen-bond acceptors (Lipinski definition) is 5. The van der Waals surface area contributed by atoms with E-state index >= 15 is 0 Å². The number of nitrogens with one attached hydrogen (secondary N) is 1. The lowest BCUT2D eigenvalue weighted by Crippen LogP contribution is -2.49. The average Bonchev–Trinajstić information content (AvgIpc) is 2.56. The number of piperidine rings is 1. The summed E-state index contributed by atoms with van der Waals surface area (Å²) in [6.07, 6.45) is 2.98. The molecule has 4 rings (SSSR count). The Labute approximate surface area is 130 Å². The molecule has 22 heavy (non-hydrogen) atoms. The average molecular weight is 305 g/mol. The number of fused-ring (bicyclic) bond motifs is 3. The van der Waals surface area contributed by atoms with Crippen LogP contribution in [-0.4, -0.2) is 38.5 Å². The molecule has 3 aliphatic heterocycles. The van der Waals surface area contributed by atoms with Crippen molar-refractivity contribution in [2.24, 2.45) is 0 Å². The molecular formula is C17H23NO4. The van der Waals surface area contributed by atoms with Crippen LogP contribution in [-0.2, 0) is 4.74 Å². The molecule has 1 unspecified atom stereocenters. The zero-order valence-electron chi connectivity index (χ0n) is 13.0. The van der Waals surface area contributed by atoms with Crippen LogP contribution in [0.1, 0.15) is 37.9 Å². The Morgan fingerprint density at radius 3 is 2.82 bits per heavy atom. The van der Waals surface area contributed by atoms with Gasteiger partial charge in [0.2, 0.25) is 5.75 Å². The second-order valence-electron chi connectivity index (χ2n) is 6.19. The lowest BCUT2D eigenvalue weighted by molar-refractivity contribution is -0.0613. The van der Waals surface area contributed by atoms with Crippen LogP contribution in [0.2, 0.25) is 0 Å². The van der Waals surface area contributed by atoms with Gasteiger partial charge in [0.15, 0.2) is 11.5 Å². The highest BCUT2D eigenvalue weighted by Gasteiger charge is 2.44. The molecule has 5 nitrogen and oxygen atoms in total. The summed E-state index contributed by atoms with van der Waals surface area (Å²) in [5, 5.41) is 3.41. The van der Waals surface area contributed by atoms with Crippen molar-refractivity contribution in [1.82, 2.24) is 5.32 Å². The summed E-state index contributed by atoms with van der Waals surface area (Å²) < 4.78 is 24.1. The molecule has 1 atom stereocenters. The zero-order chi connectivity index (χ0) is 15.0. The summed E-state index contributed by atoms with van der Waals surface area (Å²) in [6.45, 7) is 5.88. The Kier molecular flexibility index (Phi) is 3.62. The maximum Gasteiger partial charge on any atom is 0.204 e. The molecule has 120 valence electrons. The fraction of sp³-hybridized carbons (Fsp3) is 0.647. The van der Waals surface area contributed by atoms with Crippen molar-refractivity contribution in [3.63, 3.8) is 0 Å². The van der Waals surface area contributed by atoms with Crippen LogP contribution in [0, 0.1) is 0 Å². The zero-order valence-corrected chi connectivity index (χ0v) is 13.0. The molecule has 0 radical (unpaired) electrons. The molecule has 1 aromatic carbocycles. The van der Waals surface area contributed by atoms with Gasteiger partial charge in [-0.2, -0.15) is 0 Å².